The minimum absolute atomic E-state index is 0.0870. The smallest absolute Gasteiger partial charge is 0.407 e. The second kappa shape index (κ2) is 9.78. The van der Waals surface area contributed by atoms with E-state index in [9.17, 15) is 14.4 Å². The average molecular weight is 463 g/mol. The molecular formula is C25H26N4O5. The molecular weight excluding hydrogens is 436 g/mol. The molecule has 0 bridgehead atoms. The summed E-state index contributed by atoms with van der Waals surface area (Å²) in [5, 5.41) is 14.1. The maximum atomic E-state index is 12.7. The van der Waals surface area contributed by atoms with Gasteiger partial charge in [-0.1, -0.05) is 48.5 Å². The molecule has 176 valence electrons. The van der Waals surface area contributed by atoms with E-state index in [0.717, 1.165) is 33.6 Å². The van der Waals surface area contributed by atoms with Crippen LogP contribution >= 0.6 is 0 Å². The Morgan fingerprint density at radius 3 is 2.24 bits per heavy atom. The van der Waals surface area contributed by atoms with Crippen molar-refractivity contribution in [3.8, 4) is 11.1 Å². The Kier molecular flexibility index (Phi) is 6.62. The number of nitrogens with one attached hydrogen (secondary N) is 3. The summed E-state index contributed by atoms with van der Waals surface area (Å²) in [7, 11) is 0. The molecule has 2 aromatic carbocycles. The highest BCUT2D eigenvalue weighted by molar-refractivity contribution is 5.95. The number of hydrogen-bond acceptors (Lipinski definition) is 5. The summed E-state index contributed by atoms with van der Waals surface area (Å²) in [5.41, 5.74) is 5.87. The number of alkyl carbamates (subject to hydrolysis) is 1. The maximum Gasteiger partial charge on any atom is 0.407 e. The van der Waals surface area contributed by atoms with E-state index >= 15 is 0 Å². The fraction of sp³-hybridized carbons (Fsp3) is 0.280. The quantitative estimate of drug-likeness (QED) is 0.403. The third-order valence-electron chi connectivity index (χ3n) is 5.97. The summed E-state index contributed by atoms with van der Waals surface area (Å²) >= 11 is 0. The zero-order valence-corrected chi connectivity index (χ0v) is 18.9. The molecule has 1 atom stereocenters. The second-order valence-corrected chi connectivity index (χ2v) is 8.24. The topological polar surface area (TPSA) is 133 Å². The van der Waals surface area contributed by atoms with Crippen LogP contribution in [0.15, 0.2) is 48.5 Å². The SMILES string of the molecule is Cc1nc(NC(=O)C(CCC(=O)O)NC(=O)OCC2c3ccccc3-c3ccccc32)[nH]c1C. The van der Waals surface area contributed by atoms with E-state index in [1.165, 1.54) is 0 Å². The Balaban J connectivity index is 1.42. The van der Waals surface area contributed by atoms with Crippen LogP contribution in [0.1, 0.15) is 41.3 Å². The number of carbonyl (C=O) groups excluding carboxylic acids is 2. The summed E-state index contributed by atoms with van der Waals surface area (Å²) in [5.74, 6) is -1.55. The zero-order chi connectivity index (χ0) is 24.2. The molecule has 1 aliphatic carbocycles. The standard InChI is InChI=1S/C25H26N4O5/c1-14-15(2)27-24(26-14)29-23(32)21(11-12-22(30)31)28-25(33)34-13-20-18-9-5-3-7-16(18)17-8-4-6-10-19(17)20/h3-10,20-21H,11-13H2,1-2H3,(H,28,33)(H,30,31)(H2,26,27,29,32). The van der Waals surface area contributed by atoms with Crippen LogP contribution < -0.4 is 10.6 Å². The van der Waals surface area contributed by atoms with Crippen molar-refractivity contribution in [2.24, 2.45) is 0 Å². The molecule has 2 amide bonds. The number of ether oxygens (including phenoxy) is 1. The van der Waals surface area contributed by atoms with Gasteiger partial charge in [0.15, 0.2) is 0 Å². The minimum Gasteiger partial charge on any atom is -0.481 e. The van der Waals surface area contributed by atoms with E-state index in [0.29, 0.717) is 0 Å². The van der Waals surface area contributed by atoms with Crippen LogP contribution in [0, 0.1) is 13.8 Å². The van der Waals surface area contributed by atoms with Gasteiger partial charge in [-0.25, -0.2) is 9.78 Å². The summed E-state index contributed by atoms with van der Waals surface area (Å²) in [6.07, 6.45) is -1.18. The van der Waals surface area contributed by atoms with Crippen molar-refractivity contribution in [1.82, 2.24) is 15.3 Å². The van der Waals surface area contributed by atoms with E-state index in [1.807, 2.05) is 55.5 Å². The van der Waals surface area contributed by atoms with Gasteiger partial charge in [-0.05, 0) is 42.5 Å². The first-order valence-corrected chi connectivity index (χ1v) is 11.0. The van der Waals surface area contributed by atoms with Crippen LogP contribution in [-0.2, 0) is 14.3 Å². The van der Waals surface area contributed by atoms with Crippen molar-refractivity contribution in [2.45, 2.75) is 38.6 Å². The van der Waals surface area contributed by atoms with Crippen molar-refractivity contribution in [1.29, 1.82) is 0 Å². The average Bonchev–Trinajstić information content (AvgIpc) is 3.30. The molecule has 34 heavy (non-hydrogen) atoms. The number of amides is 2. The number of anilines is 1. The number of hydrogen-bond donors (Lipinski definition) is 4. The Morgan fingerprint density at radius 2 is 1.68 bits per heavy atom. The number of aliphatic carboxylic acids is 1. The normalized spacial score (nSPS) is 13.0. The molecule has 1 aromatic heterocycles. The predicted molar refractivity (Wildman–Crippen MR) is 126 cm³/mol. The van der Waals surface area contributed by atoms with E-state index in [-0.39, 0.29) is 31.3 Å². The number of rotatable bonds is 8. The third kappa shape index (κ3) is 4.93. The van der Waals surface area contributed by atoms with Crippen molar-refractivity contribution in [3.05, 3.63) is 71.0 Å². The lowest BCUT2D eigenvalue weighted by Crippen LogP contribution is -2.44. The lowest BCUT2D eigenvalue weighted by molar-refractivity contribution is -0.137. The van der Waals surface area contributed by atoms with Crippen LogP contribution in [0.4, 0.5) is 10.7 Å². The molecule has 9 heteroatoms. The maximum absolute atomic E-state index is 12.7. The van der Waals surface area contributed by atoms with E-state index in [1.54, 1.807) is 6.92 Å². The number of imidazole rings is 1. The van der Waals surface area contributed by atoms with Crippen molar-refractivity contribution < 1.29 is 24.2 Å². The number of nitrogens with zero attached hydrogens (tertiary/aromatic N) is 1. The number of aromatic amines is 1. The molecule has 0 aliphatic heterocycles. The Hall–Kier alpha value is -4.14. The van der Waals surface area contributed by atoms with Gasteiger partial charge in [-0.3, -0.25) is 14.9 Å². The van der Waals surface area contributed by atoms with Crippen LogP contribution in [-0.4, -0.2) is 45.7 Å². The summed E-state index contributed by atoms with van der Waals surface area (Å²) in [6.45, 7) is 3.69. The van der Waals surface area contributed by atoms with Gasteiger partial charge < -0.3 is 20.1 Å². The zero-order valence-electron chi connectivity index (χ0n) is 18.9. The number of aromatic nitrogens is 2. The molecule has 9 nitrogen and oxygen atoms in total. The lowest BCUT2D eigenvalue weighted by atomic mass is 9.98. The molecule has 0 saturated heterocycles. The van der Waals surface area contributed by atoms with Gasteiger partial charge >= 0.3 is 12.1 Å². The molecule has 0 saturated carbocycles. The first-order chi connectivity index (χ1) is 16.3. The predicted octanol–water partition coefficient (Wildman–Crippen LogP) is 3.74. The highest BCUT2D eigenvalue weighted by atomic mass is 16.5. The first kappa shape index (κ1) is 23.0. The highest BCUT2D eigenvalue weighted by Gasteiger charge is 2.30. The molecule has 3 aromatic rings. The number of benzene rings is 2. The van der Waals surface area contributed by atoms with E-state index < -0.39 is 24.0 Å². The number of carbonyl (C=O) groups is 3. The van der Waals surface area contributed by atoms with Crippen LogP contribution in [0.25, 0.3) is 11.1 Å². The summed E-state index contributed by atoms with van der Waals surface area (Å²) in [6, 6.07) is 14.8. The fourth-order valence-electron chi connectivity index (χ4n) is 4.13. The Labute approximate surface area is 196 Å². The van der Waals surface area contributed by atoms with E-state index in [4.69, 9.17) is 9.84 Å². The molecule has 0 spiro atoms. The Bertz CT molecular complexity index is 1170. The molecule has 0 fully saturated rings. The molecule has 4 N–H and O–H groups in total. The second-order valence-electron chi connectivity index (χ2n) is 8.24. The Morgan fingerprint density at radius 1 is 1.06 bits per heavy atom. The van der Waals surface area contributed by atoms with E-state index in [2.05, 4.69) is 20.6 Å². The van der Waals surface area contributed by atoms with Gasteiger partial charge in [0.2, 0.25) is 11.9 Å². The number of H-pyrrole nitrogens is 1. The van der Waals surface area contributed by atoms with Gasteiger partial charge in [0.25, 0.3) is 0 Å². The van der Waals surface area contributed by atoms with Crippen LogP contribution in [0.5, 0.6) is 0 Å². The van der Waals surface area contributed by atoms with Crippen molar-refractivity contribution >= 4 is 23.9 Å². The fourth-order valence-corrected chi connectivity index (χ4v) is 4.13. The van der Waals surface area contributed by atoms with Crippen molar-refractivity contribution in [2.75, 3.05) is 11.9 Å². The highest BCUT2D eigenvalue weighted by Crippen LogP contribution is 2.44. The van der Waals surface area contributed by atoms with Crippen LogP contribution in [0.3, 0.4) is 0 Å². The van der Waals surface area contributed by atoms with Gasteiger partial charge in [0, 0.05) is 18.0 Å². The number of aryl methyl sites for hydroxylation is 2. The van der Waals surface area contributed by atoms with Crippen molar-refractivity contribution in [3.63, 3.8) is 0 Å². The first-order valence-electron chi connectivity index (χ1n) is 11.0. The van der Waals surface area contributed by atoms with Gasteiger partial charge in [-0.15, -0.1) is 0 Å². The molecule has 0 radical (unpaired) electrons. The van der Waals surface area contributed by atoms with Gasteiger partial charge in [-0.2, -0.15) is 0 Å². The summed E-state index contributed by atoms with van der Waals surface area (Å²) in [4.78, 5) is 43.5. The monoisotopic (exact) mass is 462 g/mol. The van der Waals surface area contributed by atoms with Gasteiger partial charge in [0.1, 0.15) is 12.6 Å². The van der Waals surface area contributed by atoms with Gasteiger partial charge in [0.05, 0.1) is 5.69 Å². The largest absolute Gasteiger partial charge is 0.481 e. The molecule has 1 aliphatic rings. The molecule has 4 rings (SSSR count). The number of carboxylic acid groups (broad SMARTS) is 1. The summed E-state index contributed by atoms with van der Waals surface area (Å²) < 4.78 is 5.50. The molecule has 1 heterocycles. The number of fused-ring (bicyclic) bond motifs is 3. The third-order valence-corrected chi connectivity index (χ3v) is 5.97. The minimum atomic E-state index is -1.10. The number of carboxylic acids is 1. The van der Waals surface area contributed by atoms with Crippen LogP contribution in [0.2, 0.25) is 0 Å². The lowest BCUT2D eigenvalue weighted by Gasteiger charge is -2.19. The molecule has 1 unspecified atom stereocenters.